The van der Waals surface area contributed by atoms with Crippen molar-refractivity contribution in [2.24, 2.45) is 0 Å². The molecule has 0 spiro atoms. The van der Waals surface area contributed by atoms with Crippen LogP contribution >= 0.6 is 0 Å². The van der Waals surface area contributed by atoms with Crippen molar-refractivity contribution in [2.45, 2.75) is 30.7 Å². The molecule has 0 N–H and O–H groups in total. The summed E-state index contributed by atoms with van der Waals surface area (Å²) in [4.78, 5) is 1.75. The molecule has 0 amide bonds. The number of hydrogen-bond donors (Lipinski definition) is 0. The van der Waals surface area contributed by atoms with Gasteiger partial charge in [0.2, 0.25) is 0 Å². The molecular weight excluding hydrogens is 469 g/mol. The van der Waals surface area contributed by atoms with E-state index < -0.39 is 42.3 Å². The van der Waals surface area contributed by atoms with Crippen molar-refractivity contribution >= 4 is 30.6 Å². The van der Waals surface area contributed by atoms with Gasteiger partial charge in [0.25, 0.3) is 0 Å². The van der Waals surface area contributed by atoms with Gasteiger partial charge >= 0.3 is 6.18 Å². The van der Waals surface area contributed by atoms with Gasteiger partial charge in [-0.3, -0.25) is 0 Å². The average Bonchev–Trinajstić information content (AvgIpc) is 2.67. The maximum atomic E-state index is 13.3. The minimum atomic E-state index is -4.52. The number of halogens is 3. The Morgan fingerprint density at radius 1 is 0.645 bits per heavy atom. The van der Waals surface area contributed by atoms with Crippen LogP contribution in [0.1, 0.15) is 5.56 Å². The van der Waals surface area contributed by atoms with E-state index in [2.05, 4.69) is 0 Å². The highest BCUT2D eigenvalue weighted by molar-refractivity contribution is 7.97. The van der Waals surface area contributed by atoms with Gasteiger partial charge in [-0.05, 0) is 60.7 Å². The fourth-order valence-corrected chi connectivity index (χ4v) is 6.21. The van der Waals surface area contributed by atoms with Crippen LogP contribution in [-0.4, -0.2) is 29.3 Å². The monoisotopic (exact) mass is 487 g/mol. The molecule has 0 heterocycles. The van der Waals surface area contributed by atoms with E-state index >= 15 is 0 Å². The van der Waals surface area contributed by atoms with Crippen molar-refractivity contribution in [2.75, 3.05) is 12.5 Å². The first kappa shape index (κ1) is 23.4. The summed E-state index contributed by atoms with van der Waals surface area (Å²) in [6, 6.07) is 16.8. The van der Waals surface area contributed by atoms with Crippen LogP contribution in [0.4, 0.5) is 13.2 Å². The van der Waals surface area contributed by atoms with E-state index in [1.54, 1.807) is 30.3 Å². The zero-order valence-electron chi connectivity index (χ0n) is 16.4. The van der Waals surface area contributed by atoms with Crippen LogP contribution in [0, 0.1) is 0 Å². The number of benzene rings is 3. The molecule has 4 nitrogen and oxygen atoms in total. The standard InChI is InChI=1S/C21H18F3O4S3/c1-30(25,26)19-10-6-16(7-11-19)29(17-8-12-20(13-9-17)31(2,27)28)18-5-3-4-15(14-18)21(22,23)24/h3-14H,1-2H3/q+1. The van der Waals surface area contributed by atoms with Gasteiger partial charge < -0.3 is 0 Å². The molecule has 0 saturated carbocycles. The van der Waals surface area contributed by atoms with Crippen LogP contribution in [0.15, 0.2) is 97.3 Å². The van der Waals surface area contributed by atoms with Crippen molar-refractivity contribution in [3.63, 3.8) is 0 Å². The normalized spacial score (nSPS) is 12.8. The van der Waals surface area contributed by atoms with Crippen molar-refractivity contribution in [1.82, 2.24) is 0 Å². The summed E-state index contributed by atoms with van der Waals surface area (Å²) in [5.41, 5.74) is -0.803. The quantitative estimate of drug-likeness (QED) is 0.493. The fourth-order valence-electron chi connectivity index (χ4n) is 2.85. The lowest BCUT2D eigenvalue weighted by Gasteiger charge is -2.11. The molecule has 0 bridgehead atoms. The zero-order chi connectivity index (χ0) is 23.0. The van der Waals surface area contributed by atoms with Crippen LogP contribution in [0.5, 0.6) is 0 Å². The summed E-state index contributed by atoms with van der Waals surface area (Å²) in [5, 5.41) is 0. The number of alkyl halides is 3. The molecule has 0 saturated heterocycles. The van der Waals surface area contributed by atoms with Crippen molar-refractivity contribution in [3.8, 4) is 0 Å². The van der Waals surface area contributed by atoms with E-state index in [0.717, 1.165) is 24.6 Å². The summed E-state index contributed by atoms with van der Waals surface area (Å²) in [6.45, 7) is 0. The predicted molar refractivity (Wildman–Crippen MR) is 113 cm³/mol. The molecule has 0 aliphatic heterocycles. The first-order valence-electron chi connectivity index (χ1n) is 8.78. The first-order valence-corrected chi connectivity index (χ1v) is 13.8. The molecule has 0 fully saturated rings. The Hall–Kier alpha value is -2.30. The third kappa shape index (κ3) is 5.50. The highest BCUT2D eigenvalue weighted by Crippen LogP contribution is 2.36. The Morgan fingerprint density at radius 3 is 1.42 bits per heavy atom. The van der Waals surface area contributed by atoms with E-state index in [9.17, 15) is 30.0 Å². The average molecular weight is 488 g/mol. The first-order chi connectivity index (χ1) is 14.3. The lowest BCUT2D eigenvalue weighted by molar-refractivity contribution is -0.137. The topological polar surface area (TPSA) is 68.3 Å². The highest BCUT2D eigenvalue weighted by atomic mass is 32.2. The summed E-state index contributed by atoms with van der Waals surface area (Å²) in [7, 11) is -7.89. The summed E-state index contributed by atoms with van der Waals surface area (Å²) in [6.07, 6.45) is -2.39. The molecular formula is C21H18F3O4S3+. The molecule has 10 heteroatoms. The largest absolute Gasteiger partial charge is 0.416 e. The summed E-state index contributed by atoms with van der Waals surface area (Å²) in [5.74, 6) is 0. The third-order valence-corrected chi connectivity index (χ3v) is 8.84. The van der Waals surface area contributed by atoms with E-state index in [4.69, 9.17) is 0 Å². The Balaban J connectivity index is 2.17. The number of hydrogen-bond acceptors (Lipinski definition) is 4. The maximum absolute atomic E-state index is 13.3. The molecule has 0 radical (unpaired) electrons. The molecule has 0 aliphatic carbocycles. The lowest BCUT2D eigenvalue weighted by Crippen LogP contribution is -2.10. The van der Waals surface area contributed by atoms with E-state index in [1.165, 1.54) is 30.3 Å². The summed E-state index contributed by atoms with van der Waals surface area (Å²) < 4.78 is 86.9. The molecule has 3 aromatic carbocycles. The number of rotatable bonds is 5. The van der Waals surface area contributed by atoms with Crippen LogP contribution in [0.2, 0.25) is 0 Å². The highest BCUT2D eigenvalue weighted by Gasteiger charge is 2.35. The van der Waals surface area contributed by atoms with E-state index in [-0.39, 0.29) is 9.79 Å². The molecule has 3 aromatic rings. The van der Waals surface area contributed by atoms with E-state index in [1.807, 2.05) is 0 Å². The lowest BCUT2D eigenvalue weighted by atomic mass is 10.2. The van der Waals surface area contributed by atoms with Gasteiger partial charge in [-0.2, -0.15) is 13.2 Å². The molecule has 0 aliphatic rings. The Labute approximate surface area is 181 Å². The van der Waals surface area contributed by atoms with Crippen molar-refractivity contribution in [1.29, 1.82) is 0 Å². The fraction of sp³-hybridized carbons (Fsp3) is 0.143. The molecule has 3 rings (SSSR count). The Kier molecular flexibility index (Phi) is 6.28. The van der Waals surface area contributed by atoms with Crippen LogP contribution < -0.4 is 0 Å². The van der Waals surface area contributed by atoms with Crippen molar-refractivity contribution in [3.05, 3.63) is 78.4 Å². The molecule has 0 unspecified atom stereocenters. The minimum absolute atomic E-state index is 0.0938. The zero-order valence-corrected chi connectivity index (χ0v) is 18.9. The van der Waals surface area contributed by atoms with Crippen molar-refractivity contribution < 1.29 is 30.0 Å². The van der Waals surface area contributed by atoms with Gasteiger partial charge in [-0.25, -0.2) is 16.8 Å². The van der Waals surface area contributed by atoms with Crippen LogP contribution in [0.3, 0.4) is 0 Å². The smallest absolute Gasteiger partial charge is 0.224 e. The Bertz CT molecular complexity index is 1220. The molecule has 31 heavy (non-hydrogen) atoms. The molecule has 0 atom stereocenters. The maximum Gasteiger partial charge on any atom is 0.416 e. The van der Waals surface area contributed by atoms with Crippen LogP contribution in [-0.2, 0) is 36.7 Å². The number of sulfone groups is 2. The third-order valence-electron chi connectivity index (χ3n) is 4.37. The second-order valence-corrected chi connectivity index (χ2v) is 12.9. The molecule has 0 aromatic heterocycles. The minimum Gasteiger partial charge on any atom is -0.224 e. The SMILES string of the molecule is CS(=O)(=O)c1ccc([S+](c2ccc(S(C)(=O)=O)cc2)c2cccc(C(F)(F)F)c2)cc1. The van der Waals surface area contributed by atoms with Gasteiger partial charge in [0.15, 0.2) is 34.4 Å². The van der Waals surface area contributed by atoms with Gasteiger partial charge in [-0.1, -0.05) is 6.07 Å². The van der Waals surface area contributed by atoms with Gasteiger partial charge in [-0.15, -0.1) is 0 Å². The van der Waals surface area contributed by atoms with Gasteiger partial charge in [0, 0.05) is 18.6 Å². The summed E-state index contributed by atoms with van der Waals surface area (Å²) >= 11 is 0. The molecule has 164 valence electrons. The van der Waals surface area contributed by atoms with Crippen LogP contribution in [0.25, 0.3) is 0 Å². The van der Waals surface area contributed by atoms with E-state index in [0.29, 0.717) is 14.7 Å². The second-order valence-electron chi connectivity index (χ2n) is 6.82. The Morgan fingerprint density at radius 2 is 1.06 bits per heavy atom. The predicted octanol–water partition coefficient (Wildman–Crippen LogP) is 4.61. The second kappa shape index (κ2) is 8.33. The van der Waals surface area contributed by atoms with Gasteiger partial charge in [0.1, 0.15) is 0 Å². The van der Waals surface area contributed by atoms with Gasteiger partial charge in [0.05, 0.1) is 26.2 Å².